The number of aryl methyl sites for hydroxylation is 1. The van der Waals surface area contributed by atoms with Gasteiger partial charge < -0.3 is 45.0 Å². The Morgan fingerprint density at radius 3 is 2.07 bits per heavy atom. The summed E-state index contributed by atoms with van der Waals surface area (Å²) in [4.78, 5) is 2.65. The molecule has 0 aromatic carbocycles. The van der Waals surface area contributed by atoms with Crippen LogP contribution in [-0.4, -0.2) is 126 Å². The fourth-order valence-electron chi connectivity index (χ4n) is 6.12. The number of hydrogen-bond donors (Lipinski definition) is 6. The lowest BCUT2D eigenvalue weighted by atomic mass is 9.88. The summed E-state index contributed by atoms with van der Waals surface area (Å²) in [5.41, 5.74) is -1.13. The van der Waals surface area contributed by atoms with Crippen LogP contribution in [0.5, 0.6) is 0 Å². The van der Waals surface area contributed by atoms with Gasteiger partial charge in [-0.3, -0.25) is 0 Å². The number of aliphatic hydroxyl groups excluding tert-OH is 5. The molecule has 2 heterocycles. The van der Waals surface area contributed by atoms with Crippen molar-refractivity contribution in [2.45, 2.75) is 166 Å². The van der Waals surface area contributed by atoms with Crippen LogP contribution in [0.2, 0.25) is 0 Å². The molecule has 0 bridgehead atoms. The maximum absolute atomic E-state index is 10.9. The van der Waals surface area contributed by atoms with Gasteiger partial charge in [-0.15, -0.1) is 5.10 Å². The van der Waals surface area contributed by atoms with E-state index in [2.05, 4.69) is 29.1 Å². The lowest BCUT2D eigenvalue weighted by molar-refractivity contribution is -0.307. The average molecular weight is 659 g/mol. The van der Waals surface area contributed by atoms with Gasteiger partial charge in [0.15, 0.2) is 6.29 Å². The van der Waals surface area contributed by atoms with Crippen LogP contribution in [0.3, 0.4) is 0 Å². The summed E-state index contributed by atoms with van der Waals surface area (Å²) in [5, 5.41) is 70.4. The van der Waals surface area contributed by atoms with Gasteiger partial charge in [0.1, 0.15) is 23.9 Å². The molecular weight excluding hydrogens is 592 g/mol. The fraction of sp³-hybridized carbons (Fsp3) is 0.941. The van der Waals surface area contributed by atoms with Crippen LogP contribution in [0.15, 0.2) is 6.20 Å². The first-order chi connectivity index (χ1) is 22.2. The number of unbranched alkanes of at least 4 members (excludes halogenated alkanes) is 10. The molecule has 6 N–H and O–H groups in total. The third-order valence-corrected chi connectivity index (χ3v) is 9.29. The Kier molecular flexibility index (Phi) is 20.6. The first-order valence-electron chi connectivity index (χ1n) is 18.1. The van der Waals surface area contributed by atoms with E-state index >= 15 is 0 Å². The van der Waals surface area contributed by atoms with Crippen molar-refractivity contribution in [2.75, 3.05) is 39.5 Å². The lowest BCUT2D eigenvalue weighted by Gasteiger charge is -2.43. The van der Waals surface area contributed by atoms with Crippen molar-refractivity contribution in [1.29, 1.82) is 0 Å². The third kappa shape index (κ3) is 14.1. The highest BCUT2D eigenvalue weighted by atomic mass is 16.7. The van der Waals surface area contributed by atoms with Crippen LogP contribution in [-0.2, 0) is 15.9 Å². The van der Waals surface area contributed by atoms with E-state index in [0.717, 1.165) is 37.9 Å². The second-order valence-corrected chi connectivity index (χ2v) is 13.3. The molecule has 4 unspecified atom stereocenters. The summed E-state index contributed by atoms with van der Waals surface area (Å²) in [6.07, 6.45) is 12.7. The monoisotopic (exact) mass is 658 g/mol. The molecule has 2 rings (SSSR count). The minimum atomic E-state index is -1.91. The molecule has 12 heteroatoms. The first-order valence-corrected chi connectivity index (χ1v) is 18.1. The molecule has 1 fully saturated rings. The Hall–Kier alpha value is -1.22. The summed E-state index contributed by atoms with van der Waals surface area (Å²) >= 11 is 0. The van der Waals surface area contributed by atoms with Gasteiger partial charge >= 0.3 is 0 Å². The smallest absolute Gasteiger partial charge is 0.186 e. The minimum absolute atomic E-state index is 0.163. The maximum Gasteiger partial charge on any atom is 0.186 e. The number of aliphatic hydroxyl groups is 6. The Balaban J connectivity index is 1.91. The number of nitrogens with zero attached hydrogens (tertiary/aromatic N) is 4. The highest BCUT2D eigenvalue weighted by Crippen LogP contribution is 2.31. The van der Waals surface area contributed by atoms with Gasteiger partial charge in [-0.1, -0.05) is 83.8 Å². The van der Waals surface area contributed by atoms with Crippen molar-refractivity contribution in [3.05, 3.63) is 11.9 Å². The van der Waals surface area contributed by atoms with Crippen LogP contribution in [0.25, 0.3) is 0 Å². The molecule has 7 atom stereocenters. The van der Waals surface area contributed by atoms with Crippen LogP contribution in [0, 0.1) is 0 Å². The van der Waals surface area contributed by atoms with Crippen LogP contribution >= 0.6 is 0 Å². The molecule has 1 aliphatic heterocycles. The fourth-order valence-corrected chi connectivity index (χ4v) is 6.12. The molecule has 1 aromatic rings. The van der Waals surface area contributed by atoms with Gasteiger partial charge in [0.25, 0.3) is 0 Å². The predicted molar refractivity (Wildman–Crippen MR) is 177 cm³/mol. The van der Waals surface area contributed by atoms with Crippen LogP contribution in [0.1, 0.15) is 129 Å². The highest BCUT2D eigenvalue weighted by Gasteiger charge is 2.48. The molecule has 46 heavy (non-hydrogen) atoms. The Morgan fingerprint density at radius 2 is 1.52 bits per heavy atom. The van der Waals surface area contributed by atoms with Gasteiger partial charge in [0.05, 0.1) is 37.7 Å². The average Bonchev–Trinajstić information content (AvgIpc) is 3.53. The molecular formula is C34H66N4O8. The van der Waals surface area contributed by atoms with Crippen molar-refractivity contribution in [3.8, 4) is 0 Å². The maximum atomic E-state index is 10.9. The predicted octanol–water partition coefficient (Wildman–Crippen LogP) is 3.11. The second kappa shape index (κ2) is 23.2. The molecule has 0 spiro atoms. The van der Waals surface area contributed by atoms with E-state index in [-0.39, 0.29) is 13.0 Å². The van der Waals surface area contributed by atoms with E-state index in [0.29, 0.717) is 6.42 Å². The standard InChI is InChI=1S/C34H66N4O8/c1-4-7-9-11-15-19-37(20-16-12-10-8-5-2)21-17-13-14-18-27-23-38(36-35-27)29(31(42)30(41)6-3)25-45-33-32(43)34(44,26-40)22-28(24-39)46-33/h23,28-33,39-44H,4-22,24-26H2,1-3H3/t28?,29-,30+,31-,32?,33?,34?/m0/s1. The molecule has 270 valence electrons. The van der Waals surface area contributed by atoms with Gasteiger partial charge in [0, 0.05) is 12.6 Å². The molecule has 1 saturated heterocycles. The van der Waals surface area contributed by atoms with Gasteiger partial charge in [-0.2, -0.15) is 0 Å². The van der Waals surface area contributed by atoms with E-state index in [1.807, 2.05) is 0 Å². The van der Waals surface area contributed by atoms with Gasteiger partial charge in [-0.05, 0) is 58.2 Å². The van der Waals surface area contributed by atoms with E-state index in [1.165, 1.54) is 82.0 Å². The van der Waals surface area contributed by atoms with Crippen LogP contribution < -0.4 is 0 Å². The largest absolute Gasteiger partial charge is 0.394 e. The van der Waals surface area contributed by atoms with Gasteiger partial charge in [-0.25, -0.2) is 4.68 Å². The zero-order valence-electron chi connectivity index (χ0n) is 28.9. The topological polar surface area (TPSA) is 174 Å². The molecule has 1 aliphatic rings. The lowest BCUT2D eigenvalue weighted by Crippen LogP contribution is -2.60. The van der Waals surface area contributed by atoms with Crippen LogP contribution in [0.4, 0.5) is 0 Å². The number of aromatic nitrogens is 3. The van der Waals surface area contributed by atoms with Crippen molar-refractivity contribution >= 4 is 0 Å². The van der Waals surface area contributed by atoms with E-state index in [9.17, 15) is 30.6 Å². The highest BCUT2D eigenvalue weighted by molar-refractivity contribution is 4.97. The van der Waals surface area contributed by atoms with Crippen molar-refractivity contribution in [2.24, 2.45) is 0 Å². The third-order valence-electron chi connectivity index (χ3n) is 9.29. The summed E-state index contributed by atoms with van der Waals surface area (Å²) in [5.74, 6) is 0. The Bertz CT molecular complexity index is 881. The number of hydrogen-bond acceptors (Lipinski definition) is 11. The van der Waals surface area contributed by atoms with Crippen molar-refractivity contribution in [1.82, 2.24) is 19.9 Å². The van der Waals surface area contributed by atoms with E-state index in [1.54, 1.807) is 13.1 Å². The Labute approximate surface area is 277 Å². The molecule has 0 saturated carbocycles. The zero-order chi connectivity index (χ0) is 33.8. The summed E-state index contributed by atoms with van der Waals surface area (Å²) in [6.45, 7) is 8.35. The quantitative estimate of drug-likeness (QED) is 0.0767. The first kappa shape index (κ1) is 41.0. The zero-order valence-corrected chi connectivity index (χ0v) is 28.9. The van der Waals surface area contributed by atoms with E-state index in [4.69, 9.17) is 9.47 Å². The molecule has 1 aromatic heterocycles. The normalized spacial score (nSPS) is 24.0. The molecule has 0 aliphatic carbocycles. The molecule has 0 amide bonds. The Morgan fingerprint density at radius 1 is 0.935 bits per heavy atom. The summed E-state index contributed by atoms with van der Waals surface area (Å²) in [7, 11) is 0. The van der Waals surface area contributed by atoms with Gasteiger partial charge in [0.2, 0.25) is 0 Å². The SMILES string of the molecule is CCCCCCCN(CCCCCCC)CCCCCc1cn([C@@H](COC2OC(CO)CC(O)(CO)C2O)[C@H](O)[C@H](O)CC)nn1. The summed E-state index contributed by atoms with van der Waals surface area (Å²) in [6, 6.07) is -0.855. The molecule has 12 nitrogen and oxygen atoms in total. The summed E-state index contributed by atoms with van der Waals surface area (Å²) < 4.78 is 12.8. The molecule has 0 radical (unpaired) electrons. The second-order valence-electron chi connectivity index (χ2n) is 13.3. The van der Waals surface area contributed by atoms with E-state index < -0.39 is 55.6 Å². The minimum Gasteiger partial charge on any atom is -0.394 e. The number of ether oxygens (including phenoxy) is 2. The number of rotatable bonds is 27. The van der Waals surface area contributed by atoms with Crippen molar-refractivity contribution < 1.29 is 40.1 Å². The van der Waals surface area contributed by atoms with Crippen molar-refractivity contribution in [3.63, 3.8) is 0 Å².